The van der Waals surface area contributed by atoms with E-state index >= 15 is 0 Å². The van der Waals surface area contributed by atoms with Crippen molar-refractivity contribution in [3.63, 3.8) is 0 Å². The molecule has 4 heterocycles. The van der Waals surface area contributed by atoms with Gasteiger partial charge in [-0.3, -0.25) is 19.2 Å². The van der Waals surface area contributed by atoms with Crippen LogP contribution < -0.4 is 9.80 Å². The summed E-state index contributed by atoms with van der Waals surface area (Å²) < 4.78 is 0. The highest BCUT2D eigenvalue weighted by atomic mass is 16.2. The van der Waals surface area contributed by atoms with E-state index in [1.165, 1.54) is 9.80 Å². The number of para-hydroxylation sites is 2. The van der Waals surface area contributed by atoms with E-state index in [-0.39, 0.29) is 23.6 Å². The normalized spacial score (nSPS) is 28.9. The van der Waals surface area contributed by atoms with Gasteiger partial charge in [0.25, 0.3) is 11.8 Å². The summed E-state index contributed by atoms with van der Waals surface area (Å²) in [5.41, 5.74) is 2.66. The zero-order valence-corrected chi connectivity index (χ0v) is 22.4. The first-order valence-electron chi connectivity index (χ1n) is 14.1. The molecular formula is C34H26N4O4. The maximum atomic E-state index is 14.3. The maximum Gasteiger partial charge on any atom is 0.253 e. The van der Waals surface area contributed by atoms with E-state index in [2.05, 4.69) is 0 Å². The first-order valence-corrected chi connectivity index (χ1v) is 14.1. The molecule has 0 spiro atoms. The maximum absolute atomic E-state index is 14.3. The Labute approximate surface area is 242 Å². The minimum Gasteiger partial charge on any atom is -0.274 e. The number of nitrogens with zero attached hydrogens (tertiary/aromatic N) is 4. The third-order valence-corrected chi connectivity index (χ3v) is 9.04. The largest absolute Gasteiger partial charge is 0.274 e. The van der Waals surface area contributed by atoms with Gasteiger partial charge >= 0.3 is 0 Å². The van der Waals surface area contributed by atoms with E-state index in [9.17, 15) is 19.2 Å². The quantitative estimate of drug-likeness (QED) is 0.353. The van der Waals surface area contributed by atoms with Crippen LogP contribution in [0.5, 0.6) is 0 Å². The highest BCUT2D eigenvalue weighted by Gasteiger charge is 2.73. The average Bonchev–Trinajstić information content (AvgIpc) is 3.70. The van der Waals surface area contributed by atoms with Gasteiger partial charge in [-0.2, -0.15) is 0 Å². The number of hydrogen-bond donors (Lipinski definition) is 0. The van der Waals surface area contributed by atoms with Gasteiger partial charge in [0.15, 0.2) is 0 Å². The first-order chi connectivity index (χ1) is 20.6. The van der Waals surface area contributed by atoms with Gasteiger partial charge in [-0.15, -0.1) is 0 Å². The van der Waals surface area contributed by atoms with Gasteiger partial charge in [0, 0.05) is 0 Å². The summed E-state index contributed by atoms with van der Waals surface area (Å²) in [6.07, 6.45) is 0. The molecule has 0 radical (unpaired) electrons. The van der Waals surface area contributed by atoms with Crippen molar-refractivity contribution in [2.24, 2.45) is 11.8 Å². The third-order valence-electron chi connectivity index (χ3n) is 9.04. The zero-order chi connectivity index (χ0) is 28.5. The number of fused-ring (bicyclic) bond motifs is 5. The lowest BCUT2D eigenvalue weighted by Gasteiger charge is -2.35. The average molecular weight is 555 g/mol. The molecule has 4 aromatic rings. The van der Waals surface area contributed by atoms with Crippen LogP contribution in [-0.2, 0) is 19.2 Å². The van der Waals surface area contributed by atoms with Gasteiger partial charge in [-0.25, -0.2) is 19.8 Å². The van der Waals surface area contributed by atoms with Gasteiger partial charge in [-0.1, -0.05) is 97.1 Å². The second kappa shape index (κ2) is 9.30. The molecule has 4 saturated heterocycles. The topological polar surface area (TPSA) is 81.2 Å². The number of benzene rings is 4. The van der Waals surface area contributed by atoms with Gasteiger partial charge < -0.3 is 0 Å². The van der Waals surface area contributed by atoms with Crippen molar-refractivity contribution < 1.29 is 19.2 Å². The molecule has 6 atom stereocenters. The molecule has 0 saturated carbocycles. The smallest absolute Gasteiger partial charge is 0.253 e. The number of anilines is 2. The fourth-order valence-electron chi connectivity index (χ4n) is 7.46. The van der Waals surface area contributed by atoms with Crippen LogP contribution in [0.15, 0.2) is 121 Å². The Kier molecular flexibility index (Phi) is 5.50. The third kappa shape index (κ3) is 3.30. The van der Waals surface area contributed by atoms with Crippen LogP contribution in [0.2, 0.25) is 0 Å². The molecule has 0 unspecified atom stereocenters. The number of rotatable bonds is 4. The van der Waals surface area contributed by atoms with Crippen molar-refractivity contribution in [1.82, 2.24) is 10.0 Å². The fourth-order valence-corrected chi connectivity index (χ4v) is 7.46. The fraction of sp³-hybridized carbons (Fsp3) is 0.176. The predicted octanol–water partition coefficient (Wildman–Crippen LogP) is 4.13. The Morgan fingerprint density at radius 3 is 1.00 bits per heavy atom. The predicted molar refractivity (Wildman–Crippen MR) is 154 cm³/mol. The molecule has 0 aliphatic carbocycles. The Hall–Kier alpha value is -4.92. The monoisotopic (exact) mass is 554 g/mol. The summed E-state index contributed by atoms with van der Waals surface area (Å²) in [7, 11) is 0. The minimum atomic E-state index is -0.871. The van der Waals surface area contributed by atoms with Crippen LogP contribution in [0.3, 0.4) is 0 Å². The molecular weight excluding hydrogens is 528 g/mol. The van der Waals surface area contributed by atoms with Crippen molar-refractivity contribution in [1.29, 1.82) is 0 Å². The summed E-state index contributed by atoms with van der Waals surface area (Å²) in [6.45, 7) is 0. The lowest BCUT2D eigenvalue weighted by molar-refractivity contribution is -0.136. The molecule has 4 fully saturated rings. The second-order valence-electron chi connectivity index (χ2n) is 11.1. The molecule has 42 heavy (non-hydrogen) atoms. The number of hydrogen-bond acceptors (Lipinski definition) is 6. The molecule has 4 amide bonds. The summed E-state index contributed by atoms with van der Waals surface area (Å²) in [5.74, 6) is -2.83. The molecule has 8 heteroatoms. The number of carbonyl (C=O) groups excluding carboxylic acids is 4. The number of carbonyl (C=O) groups is 4. The van der Waals surface area contributed by atoms with Gasteiger partial charge in [-0.05, 0) is 35.4 Å². The van der Waals surface area contributed by atoms with Crippen LogP contribution in [0.25, 0.3) is 0 Å². The summed E-state index contributed by atoms with van der Waals surface area (Å²) >= 11 is 0. The van der Waals surface area contributed by atoms with Gasteiger partial charge in [0.1, 0.15) is 12.1 Å². The highest BCUT2D eigenvalue weighted by Crippen LogP contribution is 2.59. The number of hydrazine groups is 1. The van der Waals surface area contributed by atoms with Crippen LogP contribution >= 0.6 is 0 Å². The molecule has 0 bridgehead atoms. The molecule has 0 aromatic heterocycles. The highest BCUT2D eigenvalue weighted by molar-refractivity contribution is 6.26. The first kappa shape index (κ1) is 24.8. The minimum absolute atomic E-state index is 0.306. The molecule has 4 aromatic carbocycles. The standard InChI is InChI=1S/C34H26N4O4/c39-31-25-27(21-13-5-1-6-14-21)37-30-26(32(40)36(34(30)42)24-19-11-4-12-20-24)28(22-15-7-2-8-16-22)38(37)29(25)33(41)35(31)23-17-9-3-10-18-23/h1-20,25-30H/t25-,26-,27+,28+,29-,30+/m0/s1. The van der Waals surface area contributed by atoms with Crippen molar-refractivity contribution in [3.8, 4) is 0 Å². The Bertz CT molecular complexity index is 1590. The van der Waals surface area contributed by atoms with E-state index in [1.807, 2.05) is 82.8 Å². The molecule has 4 aliphatic heterocycles. The lowest BCUT2D eigenvalue weighted by Crippen LogP contribution is -2.50. The summed E-state index contributed by atoms with van der Waals surface area (Å²) in [4.78, 5) is 59.7. The van der Waals surface area contributed by atoms with Crippen molar-refractivity contribution in [3.05, 3.63) is 132 Å². The van der Waals surface area contributed by atoms with E-state index in [4.69, 9.17) is 0 Å². The summed E-state index contributed by atoms with van der Waals surface area (Å²) in [6, 6.07) is 34.0. The Balaban J connectivity index is 1.33. The SMILES string of the molecule is O=C1[C@@H]2[C@@H](C(=O)N1c1ccccc1)N1[C@H](c3ccccc3)[C@@H]3C(=O)N(c4ccccc4)C(=O)[C@@H]3N1[C@@H]2c1ccccc1. The van der Waals surface area contributed by atoms with Crippen molar-refractivity contribution in [2.75, 3.05) is 9.80 Å². The van der Waals surface area contributed by atoms with E-state index in [0.717, 1.165) is 11.1 Å². The second-order valence-corrected chi connectivity index (χ2v) is 11.1. The van der Waals surface area contributed by atoms with Crippen LogP contribution in [0, 0.1) is 11.8 Å². The molecule has 8 rings (SSSR count). The van der Waals surface area contributed by atoms with Gasteiger partial charge in [0.2, 0.25) is 11.8 Å². The lowest BCUT2D eigenvalue weighted by atomic mass is 9.84. The van der Waals surface area contributed by atoms with E-state index < -0.39 is 36.0 Å². The molecule has 8 nitrogen and oxygen atoms in total. The number of amides is 4. The Morgan fingerprint density at radius 1 is 0.357 bits per heavy atom. The zero-order valence-electron chi connectivity index (χ0n) is 22.4. The van der Waals surface area contributed by atoms with Crippen LogP contribution in [0.1, 0.15) is 23.2 Å². The van der Waals surface area contributed by atoms with Crippen LogP contribution in [-0.4, -0.2) is 45.7 Å². The van der Waals surface area contributed by atoms with Gasteiger partial charge in [0.05, 0.1) is 35.3 Å². The molecule has 0 N–H and O–H groups in total. The van der Waals surface area contributed by atoms with Crippen molar-refractivity contribution >= 4 is 35.0 Å². The van der Waals surface area contributed by atoms with E-state index in [0.29, 0.717) is 11.4 Å². The van der Waals surface area contributed by atoms with Crippen LogP contribution in [0.4, 0.5) is 11.4 Å². The number of imide groups is 2. The summed E-state index contributed by atoms with van der Waals surface area (Å²) in [5, 5.41) is 3.79. The van der Waals surface area contributed by atoms with Crippen molar-refractivity contribution in [2.45, 2.75) is 24.2 Å². The molecule has 206 valence electrons. The Morgan fingerprint density at radius 2 is 0.667 bits per heavy atom. The van der Waals surface area contributed by atoms with E-state index in [1.54, 1.807) is 48.5 Å². The molecule has 4 aliphatic rings.